The first kappa shape index (κ1) is 23.9. The number of aromatic amines is 1. The molecule has 8 nitrogen and oxygen atoms in total. The number of carbonyl (C=O) groups excluding carboxylic acids is 1. The molecule has 0 atom stereocenters. The van der Waals surface area contributed by atoms with Crippen molar-refractivity contribution in [2.75, 3.05) is 37.7 Å². The fourth-order valence-corrected chi connectivity index (χ4v) is 5.05. The third-order valence-corrected chi connectivity index (χ3v) is 7.29. The lowest BCUT2D eigenvalue weighted by atomic mass is 9.91. The van der Waals surface area contributed by atoms with Gasteiger partial charge in [-0.05, 0) is 44.9 Å². The Balaban J connectivity index is 1.26. The molecule has 0 bridgehead atoms. The quantitative estimate of drug-likeness (QED) is 0.528. The lowest BCUT2D eigenvalue weighted by Gasteiger charge is -2.36. The van der Waals surface area contributed by atoms with E-state index < -0.39 is 5.41 Å². The highest BCUT2D eigenvalue weighted by Crippen LogP contribution is 2.32. The number of benzene rings is 1. The van der Waals surface area contributed by atoms with Crippen LogP contribution >= 0.6 is 11.6 Å². The maximum absolute atomic E-state index is 12.6. The molecular formula is C26H32ClN5O3. The zero-order chi connectivity index (χ0) is 24.6. The summed E-state index contributed by atoms with van der Waals surface area (Å²) in [5, 5.41) is 10.0. The average Bonchev–Trinajstić information content (AvgIpc) is 3.53. The third-order valence-electron chi connectivity index (χ3n) is 7.00. The minimum Gasteiger partial charge on any atom is -0.461 e. The number of aromatic nitrogens is 3. The van der Waals surface area contributed by atoms with Gasteiger partial charge in [-0.15, -0.1) is 0 Å². The van der Waals surface area contributed by atoms with Gasteiger partial charge in [0.1, 0.15) is 6.10 Å². The second-order valence-electron chi connectivity index (χ2n) is 10.1. The molecule has 2 aromatic heterocycles. The first-order chi connectivity index (χ1) is 16.8. The first-order valence-electron chi connectivity index (χ1n) is 12.3. The number of halogens is 1. The number of pyridine rings is 1. The van der Waals surface area contributed by atoms with E-state index in [-0.39, 0.29) is 18.6 Å². The molecule has 0 radical (unpaired) electrons. The highest BCUT2D eigenvalue weighted by molar-refractivity contribution is 6.33. The number of piperidine rings is 1. The van der Waals surface area contributed by atoms with E-state index in [4.69, 9.17) is 21.3 Å². The Morgan fingerprint density at radius 3 is 2.49 bits per heavy atom. The summed E-state index contributed by atoms with van der Waals surface area (Å²) < 4.78 is 6.10. The minimum absolute atomic E-state index is 0.0259. The van der Waals surface area contributed by atoms with Gasteiger partial charge in [0.15, 0.2) is 5.65 Å². The molecule has 2 aliphatic rings. The van der Waals surface area contributed by atoms with Crippen molar-refractivity contribution in [2.24, 2.45) is 5.41 Å². The van der Waals surface area contributed by atoms with Gasteiger partial charge in [-0.1, -0.05) is 23.7 Å². The third kappa shape index (κ3) is 4.95. The Hall–Kier alpha value is -2.84. The normalized spacial score (nSPS) is 17.4. The van der Waals surface area contributed by atoms with Crippen molar-refractivity contribution in [1.29, 1.82) is 0 Å². The van der Waals surface area contributed by atoms with Crippen LogP contribution in [-0.2, 0) is 4.79 Å². The Kier molecular flexibility index (Phi) is 6.59. The van der Waals surface area contributed by atoms with Crippen molar-refractivity contribution in [2.45, 2.75) is 45.6 Å². The van der Waals surface area contributed by atoms with Crippen LogP contribution in [0, 0.1) is 5.41 Å². The Morgan fingerprint density at radius 1 is 1.14 bits per heavy atom. The fourth-order valence-electron chi connectivity index (χ4n) is 4.79. The summed E-state index contributed by atoms with van der Waals surface area (Å²) >= 11 is 6.58. The topological polar surface area (TPSA) is 94.6 Å². The van der Waals surface area contributed by atoms with E-state index in [1.807, 2.05) is 6.07 Å². The SMILES string of the molecule is CC(C)(CO)C(=O)N1CCC(Oc2nc3nc(-c4ccc(N5CCCC5)cc4)c(Cl)cc3[nH]2)CC1. The molecular weight excluding hydrogens is 466 g/mol. The number of anilines is 1. The molecule has 0 saturated carbocycles. The number of carbonyl (C=O) groups is 1. The van der Waals surface area contributed by atoms with E-state index in [0.29, 0.717) is 48.3 Å². The van der Waals surface area contributed by atoms with Gasteiger partial charge >= 0.3 is 0 Å². The maximum atomic E-state index is 12.6. The van der Waals surface area contributed by atoms with E-state index in [1.54, 1.807) is 18.7 Å². The van der Waals surface area contributed by atoms with Crippen LogP contribution in [0.15, 0.2) is 30.3 Å². The largest absolute Gasteiger partial charge is 0.461 e. The lowest BCUT2D eigenvalue weighted by molar-refractivity contribution is -0.144. The summed E-state index contributed by atoms with van der Waals surface area (Å²) in [5.74, 6) is -0.0259. The zero-order valence-corrected chi connectivity index (χ0v) is 21.0. The average molecular weight is 498 g/mol. The van der Waals surface area contributed by atoms with E-state index >= 15 is 0 Å². The van der Waals surface area contributed by atoms with Crippen LogP contribution in [0.3, 0.4) is 0 Å². The number of fused-ring (bicyclic) bond motifs is 1. The van der Waals surface area contributed by atoms with Gasteiger partial charge in [-0.3, -0.25) is 4.79 Å². The smallest absolute Gasteiger partial charge is 0.296 e. The van der Waals surface area contributed by atoms with Crippen LogP contribution in [0.2, 0.25) is 5.02 Å². The molecule has 2 fully saturated rings. The number of hydrogen-bond donors (Lipinski definition) is 2. The molecule has 35 heavy (non-hydrogen) atoms. The predicted octanol–water partition coefficient (Wildman–Crippen LogP) is 4.27. The number of H-pyrrole nitrogens is 1. The minimum atomic E-state index is -0.760. The highest BCUT2D eigenvalue weighted by atomic mass is 35.5. The van der Waals surface area contributed by atoms with E-state index in [2.05, 4.69) is 39.1 Å². The standard InChI is InChI=1S/C26H32ClN5O3/c1-26(2,16-33)24(34)32-13-9-19(10-14-32)35-25-28-21-15-20(27)22(29-23(21)30-25)17-5-7-18(8-6-17)31-11-3-4-12-31/h5-8,15,19,33H,3-4,9-14,16H2,1-2H3,(H,28,29,30). The monoisotopic (exact) mass is 497 g/mol. The molecule has 0 aliphatic carbocycles. The number of imidazole rings is 1. The van der Waals surface area contributed by atoms with Crippen LogP contribution < -0.4 is 9.64 Å². The van der Waals surface area contributed by atoms with Crippen LogP contribution in [0.1, 0.15) is 39.5 Å². The zero-order valence-electron chi connectivity index (χ0n) is 20.3. The van der Waals surface area contributed by atoms with Crippen LogP contribution in [0.5, 0.6) is 6.01 Å². The van der Waals surface area contributed by atoms with Crippen molar-refractivity contribution >= 4 is 34.4 Å². The predicted molar refractivity (Wildman–Crippen MR) is 137 cm³/mol. The number of amides is 1. The van der Waals surface area contributed by atoms with Gasteiger partial charge in [-0.25, -0.2) is 4.98 Å². The Bertz CT molecular complexity index is 1200. The summed E-state index contributed by atoms with van der Waals surface area (Å²) in [7, 11) is 0. The van der Waals surface area contributed by atoms with Gasteiger partial charge in [0.2, 0.25) is 5.91 Å². The highest BCUT2D eigenvalue weighted by Gasteiger charge is 2.34. The summed E-state index contributed by atoms with van der Waals surface area (Å²) in [4.78, 5) is 29.2. The number of nitrogens with one attached hydrogen (secondary N) is 1. The summed E-state index contributed by atoms with van der Waals surface area (Å²) in [5.41, 5.74) is 3.40. The van der Waals surface area contributed by atoms with Crippen molar-refractivity contribution in [3.05, 3.63) is 35.4 Å². The van der Waals surface area contributed by atoms with Gasteiger partial charge < -0.3 is 24.6 Å². The number of aliphatic hydroxyl groups excluding tert-OH is 1. The molecule has 0 spiro atoms. The van der Waals surface area contributed by atoms with Gasteiger partial charge in [-0.2, -0.15) is 4.98 Å². The van der Waals surface area contributed by atoms with E-state index in [9.17, 15) is 9.90 Å². The second kappa shape index (κ2) is 9.66. The number of hydrogen-bond acceptors (Lipinski definition) is 6. The number of rotatable bonds is 6. The molecule has 2 aliphatic heterocycles. The number of aliphatic hydroxyl groups is 1. The summed E-state index contributed by atoms with van der Waals surface area (Å²) in [6.07, 6.45) is 3.84. The summed E-state index contributed by atoms with van der Waals surface area (Å²) in [6, 6.07) is 10.6. The molecule has 186 valence electrons. The first-order valence-corrected chi connectivity index (χ1v) is 12.7. The Labute approximate surface area is 210 Å². The van der Waals surface area contributed by atoms with E-state index in [1.165, 1.54) is 18.5 Å². The maximum Gasteiger partial charge on any atom is 0.296 e. The van der Waals surface area contributed by atoms with Gasteiger partial charge in [0.05, 0.1) is 28.3 Å². The van der Waals surface area contributed by atoms with Crippen LogP contribution in [0.4, 0.5) is 5.69 Å². The fraction of sp³-hybridized carbons (Fsp3) is 0.500. The van der Waals surface area contributed by atoms with Gasteiger partial charge in [0.25, 0.3) is 6.01 Å². The van der Waals surface area contributed by atoms with Gasteiger partial charge in [0, 0.05) is 50.3 Å². The number of likely N-dealkylation sites (tertiary alicyclic amines) is 1. The molecule has 9 heteroatoms. The summed E-state index contributed by atoms with van der Waals surface area (Å²) in [6.45, 7) is 6.76. The molecule has 1 aromatic carbocycles. The van der Waals surface area contributed by atoms with Crippen molar-refractivity contribution in [1.82, 2.24) is 19.9 Å². The molecule has 0 unspecified atom stereocenters. The molecule has 2 saturated heterocycles. The lowest BCUT2D eigenvalue weighted by Crippen LogP contribution is -2.48. The molecule has 5 rings (SSSR count). The Morgan fingerprint density at radius 2 is 1.83 bits per heavy atom. The molecule has 3 aromatic rings. The number of nitrogens with zero attached hydrogens (tertiary/aromatic N) is 4. The molecule has 2 N–H and O–H groups in total. The van der Waals surface area contributed by atoms with Crippen LogP contribution in [-0.4, -0.2) is 69.8 Å². The molecule has 1 amide bonds. The van der Waals surface area contributed by atoms with Crippen molar-refractivity contribution < 1.29 is 14.6 Å². The van der Waals surface area contributed by atoms with Crippen molar-refractivity contribution in [3.63, 3.8) is 0 Å². The van der Waals surface area contributed by atoms with Crippen molar-refractivity contribution in [3.8, 4) is 17.3 Å². The van der Waals surface area contributed by atoms with E-state index in [0.717, 1.165) is 24.2 Å². The second-order valence-corrected chi connectivity index (χ2v) is 10.5. The number of ether oxygens (including phenoxy) is 1. The van der Waals surface area contributed by atoms with Crippen LogP contribution in [0.25, 0.3) is 22.4 Å². The molecule has 4 heterocycles.